The van der Waals surface area contributed by atoms with Crippen molar-refractivity contribution < 1.29 is 4.79 Å². The van der Waals surface area contributed by atoms with Gasteiger partial charge in [0.1, 0.15) is 5.78 Å². The molecule has 0 unspecified atom stereocenters. The molecule has 0 radical (unpaired) electrons. The summed E-state index contributed by atoms with van der Waals surface area (Å²) in [4.78, 5) is 14.3. The maximum atomic E-state index is 11.8. The van der Waals surface area contributed by atoms with Gasteiger partial charge >= 0.3 is 0 Å². The maximum absolute atomic E-state index is 11.8. The molecule has 0 fully saturated rings. The van der Waals surface area contributed by atoms with E-state index in [1.54, 1.807) is 6.92 Å². The number of carbonyl (C=O) groups excluding carboxylic acids is 1. The van der Waals surface area contributed by atoms with Crippen molar-refractivity contribution in [2.24, 2.45) is 5.92 Å². The third-order valence-corrected chi connectivity index (χ3v) is 4.68. The van der Waals surface area contributed by atoms with Crippen LogP contribution in [0.15, 0.2) is 60.7 Å². The van der Waals surface area contributed by atoms with E-state index in [0.29, 0.717) is 12.3 Å². The Morgan fingerprint density at radius 3 is 1.96 bits per heavy atom. The Morgan fingerprint density at radius 1 is 0.917 bits per heavy atom. The Hall–Kier alpha value is -1.93. The van der Waals surface area contributed by atoms with Gasteiger partial charge in [0, 0.05) is 25.0 Å². The van der Waals surface area contributed by atoms with Gasteiger partial charge in [0.15, 0.2) is 0 Å². The van der Waals surface area contributed by atoms with Crippen LogP contribution in [0.2, 0.25) is 0 Å². The fraction of sp³-hybridized carbons (Fsp3) is 0.409. The minimum absolute atomic E-state index is 0.234. The number of rotatable bonds is 8. The van der Waals surface area contributed by atoms with Gasteiger partial charge in [-0.1, -0.05) is 74.5 Å². The standard InChI is InChI=1S/C22H29NO/c1-17(2)22(15-18(3)24)23(16-20-11-7-5-8-12-20)19(4)21-13-9-6-10-14-21/h5-14,17,19,22H,15-16H2,1-4H3/t19-,22+/m0/s1. The highest BCUT2D eigenvalue weighted by Gasteiger charge is 2.28. The summed E-state index contributed by atoms with van der Waals surface area (Å²) in [5.41, 5.74) is 2.58. The van der Waals surface area contributed by atoms with Crippen molar-refractivity contribution in [1.82, 2.24) is 4.90 Å². The van der Waals surface area contributed by atoms with Gasteiger partial charge in [-0.15, -0.1) is 0 Å². The molecule has 0 saturated carbocycles. The van der Waals surface area contributed by atoms with Crippen LogP contribution in [0.4, 0.5) is 0 Å². The summed E-state index contributed by atoms with van der Waals surface area (Å²) in [7, 11) is 0. The summed E-state index contributed by atoms with van der Waals surface area (Å²) in [6.45, 7) is 9.22. The van der Waals surface area contributed by atoms with Crippen LogP contribution in [0.25, 0.3) is 0 Å². The van der Waals surface area contributed by atoms with Crippen LogP contribution >= 0.6 is 0 Å². The predicted molar refractivity (Wildman–Crippen MR) is 101 cm³/mol. The lowest BCUT2D eigenvalue weighted by Gasteiger charge is -2.39. The first-order valence-corrected chi connectivity index (χ1v) is 8.83. The van der Waals surface area contributed by atoms with E-state index in [0.717, 1.165) is 6.54 Å². The fourth-order valence-electron chi connectivity index (χ4n) is 3.29. The first-order chi connectivity index (χ1) is 11.5. The Labute approximate surface area is 146 Å². The number of Topliss-reactive ketones (excluding diaryl/α,β-unsaturated/α-hetero) is 1. The van der Waals surface area contributed by atoms with Crippen LogP contribution in [0.3, 0.4) is 0 Å². The molecule has 0 aliphatic rings. The number of carbonyl (C=O) groups is 1. The Morgan fingerprint density at radius 2 is 1.46 bits per heavy atom. The molecule has 0 spiro atoms. The zero-order valence-electron chi connectivity index (χ0n) is 15.3. The van der Waals surface area contributed by atoms with Crippen molar-refractivity contribution in [2.75, 3.05) is 0 Å². The second-order valence-corrected chi connectivity index (χ2v) is 6.96. The van der Waals surface area contributed by atoms with Crippen LogP contribution in [-0.4, -0.2) is 16.7 Å². The van der Waals surface area contributed by atoms with Gasteiger partial charge in [-0.2, -0.15) is 0 Å². The smallest absolute Gasteiger partial charge is 0.131 e. The van der Waals surface area contributed by atoms with Crippen molar-refractivity contribution in [1.29, 1.82) is 0 Å². The lowest BCUT2D eigenvalue weighted by molar-refractivity contribution is -0.119. The van der Waals surface area contributed by atoms with Gasteiger partial charge in [0.05, 0.1) is 0 Å². The van der Waals surface area contributed by atoms with Gasteiger partial charge in [0.25, 0.3) is 0 Å². The van der Waals surface area contributed by atoms with Crippen LogP contribution < -0.4 is 0 Å². The second-order valence-electron chi connectivity index (χ2n) is 6.96. The molecule has 2 aromatic rings. The number of hydrogen-bond acceptors (Lipinski definition) is 2. The first-order valence-electron chi connectivity index (χ1n) is 8.83. The molecule has 2 aromatic carbocycles. The first kappa shape index (κ1) is 18.4. The summed E-state index contributed by atoms with van der Waals surface area (Å²) < 4.78 is 0. The summed E-state index contributed by atoms with van der Waals surface area (Å²) in [6.07, 6.45) is 0.599. The molecule has 2 rings (SSSR count). The van der Waals surface area contributed by atoms with E-state index in [4.69, 9.17) is 0 Å². The minimum Gasteiger partial charge on any atom is -0.300 e. The van der Waals surface area contributed by atoms with Crippen molar-refractivity contribution in [2.45, 2.75) is 52.7 Å². The van der Waals surface area contributed by atoms with E-state index < -0.39 is 0 Å². The maximum Gasteiger partial charge on any atom is 0.131 e. The van der Waals surface area contributed by atoms with Gasteiger partial charge in [-0.3, -0.25) is 9.69 Å². The predicted octanol–water partition coefficient (Wildman–Crippen LogP) is 5.25. The molecule has 128 valence electrons. The van der Waals surface area contributed by atoms with Crippen LogP contribution in [0.5, 0.6) is 0 Å². The minimum atomic E-state index is 0.234. The third kappa shape index (κ3) is 5.04. The number of hydrogen-bond donors (Lipinski definition) is 0. The van der Waals surface area contributed by atoms with Crippen LogP contribution in [0.1, 0.15) is 51.3 Å². The normalized spacial score (nSPS) is 13.9. The highest BCUT2D eigenvalue weighted by molar-refractivity contribution is 5.76. The Balaban J connectivity index is 2.33. The zero-order valence-corrected chi connectivity index (χ0v) is 15.3. The molecule has 0 heterocycles. The summed E-state index contributed by atoms with van der Waals surface area (Å²) in [6, 6.07) is 21.6. The van der Waals surface area contributed by atoms with E-state index in [1.165, 1.54) is 11.1 Å². The zero-order chi connectivity index (χ0) is 17.5. The molecule has 2 atom stereocenters. The third-order valence-electron chi connectivity index (χ3n) is 4.68. The highest BCUT2D eigenvalue weighted by Crippen LogP contribution is 2.29. The highest BCUT2D eigenvalue weighted by atomic mass is 16.1. The topological polar surface area (TPSA) is 20.3 Å². The summed E-state index contributed by atoms with van der Waals surface area (Å²) in [5, 5.41) is 0. The SMILES string of the molecule is CC(=O)C[C@H](C(C)C)N(Cc1ccccc1)[C@@H](C)c1ccccc1. The van der Waals surface area contributed by atoms with Gasteiger partial charge < -0.3 is 0 Å². The Kier molecular flexibility index (Phi) is 6.74. The van der Waals surface area contributed by atoms with Gasteiger partial charge in [-0.25, -0.2) is 0 Å². The molecular formula is C22H29NO. The van der Waals surface area contributed by atoms with Crippen molar-refractivity contribution in [3.8, 4) is 0 Å². The molecule has 0 saturated heterocycles. The lowest BCUT2D eigenvalue weighted by atomic mass is 9.93. The number of ketones is 1. The number of nitrogens with zero attached hydrogens (tertiary/aromatic N) is 1. The van der Waals surface area contributed by atoms with E-state index in [-0.39, 0.29) is 17.9 Å². The molecule has 0 aliphatic carbocycles. The van der Waals surface area contributed by atoms with E-state index in [2.05, 4.69) is 74.2 Å². The molecule has 0 aliphatic heterocycles. The van der Waals surface area contributed by atoms with E-state index in [9.17, 15) is 4.79 Å². The number of benzene rings is 2. The fourth-order valence-corrected chi connectivity index (χ4v) is 3.29. The van der Waals surface area contributed by atoms with Crippen LogP contribution in [0, 0.1) is 5.92 Å². The monoisotopic (exact) mass is 323 g/mol. The molecule has 0 bridgehead atoms. The largest absolute Gasteiger partial charge is 0.300 e. The van der Waals surface area contributed by atoms with Crippen molar-refractivity contribution >= 4 is 5.78 Å². The molecule has 24 heavy (non-hydrogen) atoms. The van der Waals surface area contributed by atoms with Crippen LogP contribution in [-0.2, 0) is 11.3 Å². The van der Waals surface area contributed by atoms with E-state index >= 15 is 0 Å². The lowest BCUT2D eigenvalue weighted by Crippen LogP contribution is -2.41. The van der Waals surface area contributed by atoms with Crippen molar-refractivity contribution in [3.05, 3.63) is 71.8 Å². The van der Waals surface area contributed by atoms with Crippen molar-refractivity contribution in [3.63, 3.8) is 0 Å². The average molecular weight is 323 g/mol. The second kappa shape index (κ2) is 8.79. The Bertz CT molecular complexity index is 621. The molecule has 2 nitrogen and oxygen atoms in total. The molecule has 0 aromatic heterocycles. The summed E-state index contributed by atoms with van der Waals surface area (Å²) >= 11 is 0. The van der Waals surface area contributed by atoms with E-state index in [1.807, 2.05) is 12.1 Å². The molecule has 0 amide bonds. The van der Waals surface area contributed by atoms with Gasteiger partial charge in [0.2, 0.25) is 0 Å². The molecule has 0 N–H and O–H groups in total. The quantitative estimate of drug-likeness (QED) is 0.661. The molecular weight excluding hydrogens is 294 g/mol. The molecule has 2 heteroatoms. The van der Waals surface area contributed by atoms with Gasteiger partial charge in [-0.05, 0) is 30.9 Å². The average Bonchev–Trinajstić information content (AvgIpc) is 2.58. The summed E-state index contributed by atoms with van der Waals surface area (Å²) in [5.74, 6) is 0.677.